The SMILES string of the molecule is Cc1cnc(CNc2nc(N3CC4CCC(CC4)C3)c3ccccc3n2)cn1. The summed E-state index contributed by atoms with van der Waals surface area (Å²) in [6, 6.07) is 8.34. The highest BCUT2D eigenvalue weighted by Gasteiger charge is 2.30. The molecule has 2 bridgehead atoms. The van der Waals surface area contributed by atoms with Gasteiger partial charge in [0.1, 0.15) is 5.82 Å². The van der Waals surface area contributed by atoms with E-state index in [4.69, 9.17) is 9.97 Å². The van der Waals surface area contributed by atoms with E-state index in [1.807, 2.05) is 13.0 Å². The molecule has 3 aliphatic rings. The van der Waals surface area contributed by atoms with Crippen LogP contribution in [0.4, 0.5) is 11.8 Å². The molecule has 0 radical (unpaired) electrons. The third-order valence-corrected chi connectivity index (χ3v) is 6.07. The van der Waals surface area contributed by atoms with Crippen molar-refractivity contribution in [2.24, 2.45) is 11.8 Å². The number of nitrogens with zero attached hydrogens (tertiary/aromatic N) is 5. The molecule has 0 atom stereocenters. The minimum atomic E-state index is 0.566. The Morgan fingerprint density at radius 1 is 0.964 bits per heavy atom. The number of hydrogen-bond donors (Lipinski definition) is 1. The lowest BCUT2D eigenvalue weighted by atomic mass is 9.84. The van der Waals surface area contributed by atoms with E-state index in [0.29, 0.717) is 12.5 Å². The maximum Gasteiger partial charge on any atom is 0.225 e. The summed E-state index contributed by atoms with van der Waals surface area (Å²) < 4.78 is 0. The van der Waals surface area contributed by atoms with Crippen molar-refractivity contribution in [1.29, 1.82) is 0 Å². The van der Waals surface area contributed by atoms with Crippen LogP contribution in [-0.2, 0) is 6.54 Å². The van der Waals surface area contributed by atoms with Crippen molar-refractivity contribution in [2.75, 3.05) is 23.3 Å². The minimum absolute atomic E-state index is 0.566. The van der Waals surface area contributed by atoms with Crippen LogP contribution in [0.25, 0.3) is 10.9 Å². The van der Waals surface area contributed by atoms with E-state index >= 15 is 0 Å². The fraction of sp³-hybridized carbons (Fsp3) is 0.455. The molecule has 2 saturated heterocycles. The van der Waals surface area contributed by atoms with Crippen LogP contribution in [0, 0.1) is 18.8 Å². The van der Waals surface area contributed by atoms with Gasteiger partial charge in [-0.25, -0.2) is 4.98 Å². The number of benzene rings is 1. The zero-order valence-corrected chi connectivity index (χ0v) is 16.3. The molecule has 1 N–H and O–H groups in total. The van der Waals surface area contributed by atoms with Crippen LogP contribution in [-0.4, -0.2) is 33.0 Å². The van der Waals surface area contributed by atoms with Crippen LogP contribution in [0.5, 0.6) is 0 Å². The fourth-order valence-electron chi connectivity index (χ4n) is 4.53. The van der Waals surface area contributed by atoms with Crippen LogP contribution in [0.3, 0.4) is 0 Å². The Balaban J connectivity index is 1.46. The third-order valence-electron chi connectivity index (χ3n) is 6.07. The second kappa shape index (κ2) is 7.34. The summed E-state index contributed by atoms with van der Waals surface area (Å²) in [7, 11) is 0. The predicted molar refractivity (Wildman–Crippen MR) is 111 cm³/mol. The number of rotatable bonds is 4. The summed E-state index contributed by atoms with van der Waals surface area (Å²) in [5.74, 6) is 3.33. The van der Waals surface area contributed by atoms with Gasteiger partial charge in [-0.2, -0.15) is 4.98 Å². The zero-order valence-electron chi connectivity index (χ0n) is 16.3. The predicted octanol–water partition coefficient (Wildman–Crippen LogP) is 3.97. The van der Waals surface area contributed by atoms with E-state index in [-0.39, 0.29) is 0 Å². The molecular weight excluding hydrogens is 348 g/mol. The van der Waals surface area contributed by atoms with Gasteiger partial charge in [0.05, 0.1) is 29.6 Å². The van der Waals surface area contributed by atoms with Gasteiger partial charge < -0.3 is 10.2 Å². The molecule has 2 aliphatic heterocycles. The normalized spacial score (nSPS) is 21.7. The molecule has 28 heavy (non-hydrogen) atoms. The quantitative estimate of drug-likeness (QED) is 0.745. The van der Waals surface area contributed by atoms with Crippen LogP contribution in [0.1, 0.15) is 37.1 Å². The first-order chi connectivity index (χ1) is 13.7. The van der Waals surface area contributed by atoms with Gasteiger partial charge in [0.2, 0.25) is 5.95 Å². The summed E-state index contributed by atoms with van der Waals surface area (Å²) in [4.78, 5) is 20.9. The first-order valence-corrected chi connectivity index (χ1v) is 10.3. The lowest BCUT2D eigenvalue weighted by Crippen LogP contribution is -2.29. The van der Waals surface area contributed by atoms with E-state index in [1.54, 1.807) is 12.4 Å². The number of nitrogens with one attached hydrogen (secondary N) is 1. The number of aryl methyl sites for hydroxylation is 1. The van der Waals surface area contributed by atoms with E-state index in [0.717, 1.165) is 53.0 Å². The molecule has 1 aromatic carbocycles. The molecule has 3 fully saturated rings. The van der Waals surface area contributed by atoms with Gasteiger partial charge in [-0.3, -0.25) is 9.97 Å². The number of anilines is 2. The van der Waals surface area contributed by atoms with Crippen molar-refractivity contribution in [1.82, 2.24) is 19.9 Å². The lowest BCUT2D eigenvalue weighted by Gasteiger charge is -2.25. The molecular formula is C22H26N6. The average Bonchev–Trinajstić information content (AvgIpc) is 3.06. The van der Waals surface area contributed by atoms with Crippen molar-refractivity contribution < 1.29 is 0 Å². The van der Waals surface area contributed by atoms with Gasteiger partial charge in [-0.05, 0) is 56.6 Å². The largest absolute Gasteiger partial charge is 0.355 e. The molecule has 4 heterocycles. The minimum Gasteiger partial charge on any atom is -0.355 e. The highest BCUT2D eigenvalue weighted by molar-refractivity contribution is 5.90. The van der Waals surface area contributed by atoms with Crippen molar-refractivity contribution in [3.8, 4) is 0 Å². The molecule has 6 rings (SSSR count). The molecule has 144 valence electrons. The van der Waals surface area contributed by atoms with Gasteiger partial charge >= 0.3 is 0 Å². The summed E-state index contributed by atoms with van der Waals surface area (Å²) in [6.45, 7) is 4.73. The van der Waals surface area contributed by atoms with Gasteiger partial charge in [0, 0.05) is 24.7 Å². The molecule has 0 unspecified atom stereocenters. The van der Waals surface area contributed by atoms with E-state index in [2.05, 4.69) is 38.4 Å². The Kier molecular flexibility index (Phi) is 4.55. The Labute approximate surface area is 165 Å². The van der Waals surface area contributed by atoms with Gasteiger partial charge in [-0.1, -0.05) is 12.1 Å². The topological polar surface area (TPSA) is 66.8 Å². The maximum absolute atomic E-state index is 4.95. The maximum atomic E-state index is 4.95. The first kappa shape index (κ1) is 17.3. The van der Waals surface area contributed by atoms with Gasteiger partial charge in [-0.15, -0.1) is 0 Å². The van der Waals surface area contributed by atoms with Crippen LogP contribution in [0.15, 0.2) is 36.7 Å². The summed E-state index contributed by atoms with van der Waals surface area (Å²) >= 11 is 0. The number of aromatic nitrogens is 4. The summed E-state index contributed by atoms with van der Waals surface area (Å²) in [6.07, 6.45) is 9.04. The molecule has 6 nitrogen and oxygen atoms in total. The average molecular weight is 374 g/mol. The number of para-hydroxylation sites is 1. The third kappa shape index (κ3) is 3.51. The van der Waals surface area contributed by atoms with E-state index in [9.17, 15) is 0 Å². The van der Waals surface area contributed by atoms with Gasteiger partial charge in [0.25, 0.3) is 0 Å². The summed E-state index contributed by atoms with van der Waals surface area (Å²) in [5.41, 5.74) is 2.79. The molecule has 0 amide bonds. The Morgan fingerprint density at radius 2 is 1.71 bits per heavy atom. The molecule has 0 spiro atoms. The van der Waals surface area contributed by atoms with Crippen molar-refractivity contribution in [3.63, 3.8) is 0 Å². The highest BCUT2D eigenvalue weighted by atomic mass is 15.2. The molecule has 3 aromatic rings. The smallest absolute Gasteiger partial charge is 0.225 e. The van der Waals surface area contributed by atoms with E-state index < -0.39 is 0 Å². The highest BCUT2D eigenvalue weighted by Crippen LogP contribution is 2.37. The number of fused-ring (bicyclic) bond motifs is 5. The Hall–Kier alpha value is -2.76. The molecule has 6 heteroatoms. The van der Waals surface area contributed by atoms with Crippen molar-refractivity contribution in [2.45, 2.75) is 39.2 Å². The second-order valence-corrected chi connectivity index (χ2v) is 8.18. The van der Waals surface area contributed by atoms with Gasteiger partial charge in [0.15, 0.2) is 0 Å². The zero-order chi connectivity index (χ0) is 18.9. The van der Waals surface area contributed by atoms with Crippen molar-refractivity contribution in [3.05, 3.63) is 48.0 Å². The van der Waals surface area contributed by atoms with Crippen LogP contribution in [0.2, 0.25) is 0 Å². The van der Waals surface area contributed by atoms with Crippen molar-refractivity contribution >= 4 is 22.7 Å². The second-order valence-electron chi connectivity index (χ2n) is 8.18. The Bertz CT molecular complexity index is 948. The molecule has 2 aromatic heterocycles. The monoisotopic (exact) mass is 374 g/mol. The molecule has 1 aliphatic carbocycles. The molecule has 1 saturated carbocycles. The number of hydrogen-bond acceptors (Lipinski definition) is 6. The fourth-order valence-corrected chi connectivity index (χ4v) is 4.53. The summed E-state index contributed by atoms with van der Waals surface area (Å²) in [5, 5.41) is 4.50. The Morgan fingerprint density at radius 3 is 2.43 bits per heavy atom. The lowest BCUT2D eigenvalue weighted by molar-refractivity contribution is 0.326. The van der Waals surface area contributed by atoms with Crippen LogP contribution >= 0.6 is 0 Å². The van der Waals surface area contributed by atoms with Crippen LogP contribution < -0.4 is 10.2 Å². The standard InChI is InChI=1S/C22H26N6/c1-15-10-24-18(11-23-15)12-25-22-26-20-5-3-2-4-19(20)21(27-22)28-13-16-6-7-17(14-28)9-8-16/h2-5,10-11,16-17H,6-9,12-14H2,1H3,(H,25,26,27). The van der Waals surface area contributed by atoms with E-state index in [1.165, 1.54) is 25.7 Å². The first-order valence-electron chi connectivity index (χ1n) is 10.3.